The zero-order chi connectivity index (χ0) is 25.4. The molecule has 0 bridgehead atoms. The number of benzene rings is 2. The first kappa shape index (κ1) is 25.4. The molecule has 5 nitrogen and oxygen atoms in total. The third-order valence-corrected chi connectivity index (χ3v) is 7.04. The van der Waals surface area contributed by atoms with Crippen LogP contribution in [0.2, 0.25) is 0 Å². The molecule has 2 aliphatic heterocycles. The highest BCUT2D eigenvalue weighted by atomic mass is 19.4. The normalized spacial score (nSPS) is 25.2. The highest BCUT2D eigenvalue weighted by molar-refractivity contribution is 5.99. The van der Waals surface area contributed by atoms with Gasteiger partial charge in [0, 0.05) is 6.54 Å². The van der Waals surface area contributed by atoms with Crippen molar-refractivity contribution in [1.82, 2.24) is 10.2 Å². The smallest absolute Gasteiger partial charge is 0.372 e. The van der Waals surface area contributed by atoms with E-state index in [2.05, 4.69) is 10.3 Å². The largest absolute Gasteiger partial charge is 0.416 e. The molecule has 0 aliphatic carbocycles. The van der Waals surface area contributed by atoms with Gasteiger partial charge in [-0.05, 0) is 63.8 Å². The first-order valence-electron chi connectivity index (χ1n) is 11.9. The van der Waals surface area contributed by atoms with Crippen molar-refractivity contribution in [2.45, 2.75) is 69.9 Å². The number of nitrogens with zero attached hydrogens (tertiary/aromatic N) is 2. The van der Waals surface area contributed by atoms with Crippen LogP contribution in [-0.2, 0) is 21.2 Å². The number of piperidine rings is 1. The zero-order valence-electron chi connectivity index (χ0n) is 20.5. The van der Waals surface area contributed by atoms with Crippen molar-refractivity contribution in [3.8, 4) is 0 Å². The van der Waals surface area contributed by atoms with Gasteiger partial charge in [-0.25, -0.2) is 0 Å². The van der Waals surface area contributed by atoms with Crippen molar-refractivity contribution in [3.05, 3.63) is 70.8 Å². The molecule has 2 heterocycles. The maximum absolute atomic E-state index is 13.3. The summed E-state index contributed by atoms with van der Waals surface area (Å²) in [6, 6.07) is 14.0. The van der Waals surface area contributed by atoms with Crippen LogP contribution in [0.15, 0.2) is 53.5 Å². The number of amides is 1. The Morgan fingerprint density at radius 1 is 1.20 bits per heavy atom. The summed E-state index contributed by atoms with van der Waals surface area (Å²) < 4.78 is 46.2. The molecule has 1 N–H and O–H groups in total. The highest BCUT2D eigenvalue weighted by Crippen LogP contribution is 2.36. The van der Waals surface area contributed by atoms with E-state index in [9.17, 15) is 18.0 Å². The number of aryl methyl sites for hydroxylation is 1. The van der Waals surface area contributed by atoms with Crippen LogP contribution in [0.3, 0.4) is 0 Å². The lowest BCUT2D eigenvalue weighted by atomic mass is 9.81. The molecule has 0 unspecified atom stereocenters. The quantitative estimate of drug-likeness (QED) is 0.595. The van der Waals surface area contributed by atoms with Crippen molar-refractivity contribution in [1.29, 1.82) is 0 Å². The topological polar surface area (TPSA) is 53.9 Å². The Balaban J connectivity index is 1.51. The van der Waals surface area contributed by atoms with Crippen LogP contribution < -0.4 is 5.32 Å². The predicted octanol–water partition coefficient (Wildman–Crippen LogP) is 5.39. The molecule has 8 heteroatoms. The van der Waals surface area contributed by atoms with Crippen LogP contribution in [0.5, 0.6) is 0 Å². The molecule has 2 aromatic carbocycles. The van der Waals surface area contributed by atoms with Gasteiger partial charge in [-0.15, -0.1) is 0 Å². The van der Waals surface area contributed by atoms with Gasteiger partial charge in [0.15, 0.2) is 0 Å². The molecular formula is C27H32F3N3O2. The predicted molar refractivity (Wildman–Crippen MR) is 129 cm³/mol. The van der Waals surface area contributed by atoms with Crippen LogP contribution in [0.25, 0.3) is 0 Å². The average Bonchev–Trinajstić information content (AvgIpc) is 3.10. The van der Waals surface area contributed by atoms with Gasteiger partial charge in [0.05, 0.1) is 36.2 Å². The molecule has 0 saturated carbocycles. The van der Waals surface area contributed by atoms with Gasteiger partial charge >= 0.3 is 6.18 Å². The van der Waals surface area contributed by atoms with E-state index in [4.69, 9.17) is 4.74 Å². The van der Waals surface area contributed by atoms with E-state index in [1.807, 2.05) is 30.3 Å². The molecule has 2 aromatic rings. The van der Waals surface area contributed by atoms with E-state index in [1.165, 1.54) is 0 Å². The molecule has 1 amide bonds. The summed E-state index contributed by atoms with van der Waals surface area (Å²) in [5, 5.41) is 3.62. The molecule has 1 fully saturated rings. The van der Waals surface area contributed by atoms with Gasteiger partial charge in [0.25, 0.3) is 5.91 Å². The molecule has 2 aliphatic rings. The van der Waals surface area contributed by atoms with Gasteiger partial charge < -0.3 is 10.1 Å². The number of carbonyl (C=O) groups is 1. The minimum Gasteiger partial charge on any atom is -0.372 e. The zero-order valence-corrected chi connectivity index (χ0v) is 20.5. The maximum Gasteiger partial charge on any atom is 0.416 e. The Labute approximate surface area is 204 Å². The van der Waals surface area contributed by atoms with Gasteiger partial charge in [-0.2, -0.15) is 13.2 Å². The molecule has 0 aromatic heterocycles. The summed E-state index contributed by atoms with van der Waals surface area (Å²) in [4.78, 5) is 18.8. The molecular weight excluding hydrogens is 455 g/mol. The number of carbonyl (C=O) groups excluding carboxylic acids is 1. The average molecular weight is 488 g/mol. The summed E-state index contributed by atoms with van der Waals surface area (Å²) >= 11 is 0. The summed E-state index contributed by atoms with van der Waals surface area (Å²) in [7, 11) is 0. The van der Waals surface area contributed by atoms with Crippen LogP contribution in [0, 0.1) is 6.92 Å². The molecule has 3 atom stereocenters. The fourth-order valence-electron chi connectivity index (χ4n) is 4.83. The van der Waals surface area contributed by atoms with E-state index in [0.29, 0.717) is 24.1 Å². The number of alkyl halides is 3. The Morgan fingerprint density at radius 3 is 2.49 bits per heavy atom. The number of aliphatic imine (C=N–C) groups is 1. The van der Waals surface area contributed by atoms with Crippen LogP contribution in [0.1, 0.15) is 62.0 Å². The Morgan fingerprint density at radius 2 is 1.91 bits per heavy atom. The van der Waals surface area contributed by atoms with Crippen LogP contribution >= 0.6 is 0 Å². The number of nitrogens with one attached hydrogen (secondary N) is 1. The minimum atomic E-state index is -4.41. The van der Waals surface area contributed by atoms with E-state index < -0.39 is 28.9 Å². The summed E-state index contributed by atoms with van der Waals surface area (Å²) in [5.41, 5.74) is 0.164. The number of hydrogen-bond donors (Lipinski definition) is 1. The van der Waals surface area contributed by atoms with Crippen molar-refractivity contribution in [3.63, 3.8) is 0 Å². The third-order valence-electron chi connectivity index (χ3n) is 7.04. The lowest BCUT2D eigenvalue weighted by molar-refractivity contribution is -0.137. The van der Waals surface area contributed by atoms with E-state index in [1.54, 1.807) is 45.0 Å². The van der Waals surface area contributed by atoms with Gasteiger partial charge in [-0.1, -0.05) is 42.0 Å². The molecule has 4 rings (SSSR count). The lowest BCUT2D eigenvalue weighted by Crippen LogP contribution is -2.58. The molecule has 0 spiro atoms. The van der Waals surface area contributed by atoms with Gasteiger partial charge in [-0.3, -0.25) is 14.7 Å². The second-order valence-electron chi connectivity index (χ2n) is 10.1. The SMILES string of the molecule is Cc1cc([C@@H](C)OC[C@@]2(c3ccccc3)CC[C@H](N3C=NC(C)(C)C3=O)CN2)cc(C(F)(F)F)c1. The van der Waals surface area contributed by atoms with Crippen molar-refractivity contribution in [2.24, 2.45) is 4.99 Å². The highest BCUT2D eigenvalue weighted by Gasteiger charge is 2.44. The van der Waals surface area contributed by atoms with E-state index >= 15 is 0 Å². The van der Waals surface area contributed by atoms with Crippen molar-refractivity contribution >= 4 is 12.2 Å². The molecule has 0 radical (unpaired) electrons. The van der Waals surface area contributed by atoms with Gasteiger partial charge in [0.2, 0.25) is 0 Å². The maximum atomic E-state index is 13.3. The number of ether oxygens (including phenoxy) is 1. The minimum absolute atomic E-state index is 0.0127. The fourth-order valence-corrected chi connectivity index (χ4v) is 4.83. The molecule has 35 heavy (non-hydrogen) atoms. The van der Waals surface area contributed by atoms with Gasteiger partial charge in [0.1, 0.15) is 5.54 Å². The number of halogens is 3. The lowest BCUT2D eigenvalue weighted by Gasteiger charge is -2.44. The third kappa shape index (κ3) is 5.28. The first-order chi connectivity index (χ1) is 16.4. The second-order valence-corrected chi connectivity index (χ2v) is 10.1. The summed E-state index contributed by atoms with van der Waals surface area (Å²) in [6.45, 7) is 7.89. The van der Waals surface area contributed by atoms with Crippen LogP contribution in [0.4, 0.5) is 13.2 Å². The van der Waals surface area contributed by atoms with E-state index in [-0.39, 0.29) is 18.6 Å². The number of hydrogen-bond acceptors (Lipinski definition) is 4. The second kappa shape index (κ2) is 9.39. The Bertz CT molecular complexity index is 1090. The van der Waals surface area contributed by atoms with Crippen molar-refractivity contribution < 1.29 is 22.7 Å². The Kier molecular flexibility index (Phi) is 6.81. The summed E-state index contributed by atoms with van der Waals surface area (Å²) in [6.07, 6.45) is -1.84. The standard InChI is InChI=1S/C27H32F3N3O2/c1-18-12-20(14-22(13-18)27(28,29)30)19(2)35-16-26(21-8-6-5-7-9-21)11-10-23(15-31-26)33-17-32-25(3,4)24(33)34/h5-9,12-14,17,19,23,31H,10-11,15-16H2,1-4H3/t19-,23+,26-/m1/s1. The first-order valence-corrected chi connectivity index (χ1v) is 11.9. The molecule has 188 valence electrons. The number of rotatable bonds is 6. The van der Waals surface area contributed by atoms with E-state index in [0.717, 1.165) is 24.1 Å². The fraction of sp³-hybridized carbons (Fsp3) is 0.481. The monoisotopic (exact) mass is 487 g/mol. The van der Waals surface area contributed by atoms with Crippen molar-refractivity contribution in [2.75, 3.05) is 13.2 Å². The molecule has 1 saturated heterocycles. The summed E-state index contributed by atoms with van der Waals surface area (Å²) in [5.74, 6) is -0.0127. The Hall–Kier alpha value is -2.71. The van der Waals surface area contributed by atoms with Crippen LogP contribution in [-0.4, -0.2) is 41.9 Å².